The summed E-state index contributed by atoms with van der Waals surface area (Å²) < 4.78 is 0. The van der Waals surface area contributed by atoms with Crippen molar-refractivity contribution in [3.63, 3.8) is 0 Å². The largest absolute Gasteiger partial charge is 0.371 e. The highest BCUT2D eigenvalue weighted by Gasteiger charge is 2.12. The van der Waals surface area contributed by atoms with Gasteiger partial charge in [-0.2, -0.15) is 0 Å². The van der Waals surface area contributed by atoms with E-state index in [9.17, 15) is 0 Å². The molecule has 1 N–H and O–H groups in total. The monoisotopic (exact) mass is 296 g/mol. The second-order valence-corrected chi connectivity index (χ2v) is 5.68. The summed E-state index contributed by atoms with van der Waals surface area (Å²) in [6.07, 6.45) is 2.47. The number of rotatable bonds is 9. The number of hydrogen-bond acceptors (Lipinski definition) is 2. The third-order valence-corrected chi connectivity index (χ3v) is 4.33. The van der Waals surface area contributed by atoms with Crippen molar-refractivity contribution in [3.05, 3.63) is 28.8 Å². The van der Waals surface area contributed by atoms with Gasteiger partial charge in [-0.25, -0.2) is 0 Å². The molecular formula is C17H29ClN2. The number of nitrogens with one attached hydrogen (secondary N) is 1. The minimum absolute atomic E-state index is 0.759. The molecule has 0 heterocycles. The van der Waals surface area contributed by atoms with Crippen LogP contribution in [-0.4, -0.2) is 19.6 Å². The molecule has 0 radical (unpaired) electrons. The van der Waals surface area contributed by atoms with E-state index in [4.69, 9.17) is 11.6 Å². The molecular weight excluding hydrogens is 268 g/mol. The molecule has 0 aliphatic carbocycles. The molecule has 0 fully saturated rings. The third-order valence-electron chi connectivity index (χ3n) is 3.98. The Labute approximate surface area is 129 Å². The average Bonchev–Trinajstić information content (AvgIpc) is 2.47. The Balaban J connectivity index is 2.80. The third kappa shape index (κ3) is 4.99. The van der Waals surface area contributed by atoms with Crippen molar-refractivity contribution in [1.29, 1.82) is 0 Å². The lowest BCUT2D eigenvalue weighted by Gasteiger charge is -2.28. The van der Waals surface area contributed by atoms with Crippen molar-refractivity contribution < 1.29 is 0 Å². The van der Waals surface area contributed by atoms with Crippen LogP contribution in [0.5, 0.6) is 0 Å². The van der Waals surface area contributed by atoms with Gasteiger partial charge in [0.2, 0.25) is 0 Å². The minimum atomic E-state index is 0.759. The Bertz CT molecular complexity index is 389. The molecule has 0 aliphatic heterocycles. The van der Waals surface area contributed by atoms with Crippen molar-refractivity contribution in [2.24, 2.45) is 5.92 Å². The zero-order valence-electron chi connectivity index (χ0n) is 13.4. The van der Waals surface area contributed by atoms with E-state index in [1.807, 2.05) is 0 Å². The van der Waals surface area contributed by atoms with Crippen molar-refractivity contribution in [3.8, 4) is 0 Å². The van der Waals surface area contributed by atoms with Crippen LogP contribution < -0.4 is 10.2 Å². The van der Waals surface area contributed by atoms with Crippen LogP contribution in [0.1, 0.15) is 46.1 Å². The average molecular weight is 297 g/mol. The maximum atomic E-state index is 6.40. The molecule has 3 heteroatoms. The lowest BCUT2D eigenvalue weighted by Crippen LogP contribution is -2.29. The maximum Gasteiger partial charge on any atom is 0.0471 e. The van der Waals surface area contributed by atoms with Crippen LogP contribution in [0.25, 0.3) is 0 Å². The molecule has 0 saturated heterocycles. The Morgan fingerprint density at radius 3 is 2.35 bits per heavy atom. The SMILES string of the molecule is CCNCc1ccc(N(CC)CC(CC)CC)cc1Cl. The van der Waals surface area contributed by atoms with Crippen molar-refractivity contribution in [2.45, 2.75) is 47.1 Å². The van der Waals surface area contributed by atoms with E-state index in [1.54, 1.807) is 0 Å². The lowest BCUT2D eigenvalue weighted by atomic mass is 10.0. The van der Waals surface area contributed by atoms with E-state index in [0.29, 0.717) is 0 Å². The molecule has 0 bridgehead atoms. The summed E-state index contributed by atoms with van der Waals surface area (Å²) in [4.78, 5) is 2.43. The summed E-state index contributed by atoms with van der Waals surface area (Å²) in [5.41, 5.74) is 2.42. The van der Waals surface area contributed by atoms with Crippen molar-refractivity contribution in [2.75, 3.05) is 24.5 Å². The second-order valence-electron chi connectivity index (χ2n) is 5.28. The molecule has 0 atom stereocenters. The number of hydrogen-bond donors (Lipinski definition) is 1. The van der Waals surface area contributed by atoms with Crippen LogP contribution in [0.2, 0.25) is 5.02 Å². The van der Waals surface area contributed by atoms with Gasteiger partial charge in [0, 0.05) is 30.3 Å². The van der Waals surface area contributed by atoms with Gasteiger partial charge in [0.1, 0.15) is 0 Å². The predicted octanol–water partition coefficient (Wildman–Crippen LogP) is 4.71. The highest BCUT2D eigenvalue weighted by atomic mass is 35.5. The molecule has 2 nitrogen and oxygen atoms in total. The highest BCUT2D eigenvalue weighted by molar-refractivity contribution is 6.31. The summed E-state index contributed by atoms with van der Waals surface area (Å²) >= 11 is 6.40. The fourth-order valence-electron chi connectivity index (χ4n) is 2.41. The molecule has 20 heavy (non-hydrogen) atoms. The van der Waals surface area contributed by atoms with Crippen molar-refractivity contribution >= 4 is 17.3 Å². The molecule has 0 amide bonds. The summed E-state index contributed by atoms with van der Waals surface area (Å²) in [5.74, 6) is 0.759. The van der Waals surface area contributed by atoms with E-state index in [2.05, 4.69) is 56.1 Å². The van der Waals surface area contributed by atoms with E-state index in [0.717, 1.165) is 37.1 Å². The molecule has 0 aromatic heterocycles. The number of anilines is 1. The van der Waals surface area contributed by atoms with Gasteiger partial charge in [-0.05, 0) is 37.1 Å². The number of halogens is 1. The topological polar surface area (TPSA) is 15.3 Å². The maximum absolute atomic E-state index is 6.40. The van der Waals surface area contributed by atoms with Gasteiger partial charge in [-0.1, -0.05) is 51.3 Å². The van der Waals surface area contributed by atoms with Gasteiger partial charge in [-0.3, -0.25) is 0 Å². The summed E-state index contributed by atoms with van der Waals surface area (Å²) in [7, 11) is 0. The molecule has 0 spiro atoms. The Morgan fingerprint density at radius 2 is 1.85 bits per heavy atom. The first-order valence-corrected chi connectivity index (χ1v) is 8.27. The second kappa shape index (κ2) is 9.25. The van der Waals surface area contributed by atoms with Crippen LogP contribution in [-0.2, 0) is 6.54 Å². The summed E-state index contributed by atoms with van der Waals surface area (Å²) in [5, 5.41) is 4.19. The normalized spacial score (nSPS) is 11.1. The first-order valence-electron chi connectivity index (χ1n) is 7.90. The van der Waals surface area contributed by atoms with Crippen LogP contribution in [0, 0.1) is 5.92 Å². The predicted molar refractivity (Wildman–Crippen MR) is 90.8 cm³/mol. The number of nitrogens with zero attached hydrogens (tertiary/aromatic N) is 1. The highest BCUT2D eigenvalue weighted by Crippen LogP contribution is 2.25. The Morgan fingerprint density at radius 1 is 1.15 bits per heavy atom. The molecule has 1 aromatic rings. The molecule has 1 aromatic carbocycles. The fraction of sp³-hybridized carbons (Fsp3) is 0.647. The summed E-state index contributed by atoms with van der Waals surface area (Å²) in [6, 6.07) is 6.46. The molecule has 1 rings (SSSR count). The standard InChI is InChI=1S/C17H29ClN2/c1-5-14(6-2)13-20(8-4)16-10-9-15(12-19-7-3)17(18)11-16/h9-11,14,19H,5-8,12-13H2,1-4H3. The van der Waals surface area contributed by atoms with E-state index < -0.39 is 0 Å². The minimum Gasteiger partial charge on any atom is -0.371 e. The van der Waals surface area contributed by atoms with Gasteiger partial charge < -0.3 is 10.2 Å². The van der Waals surface area contributed by atoms with Crippen molar-refractivity contribution in [1.82, 2.24) is 5.32 Å². The molecule has 0 aliphatic rings. The summed E-state index contributed by atoms with van der Waals surface area (Å²) in [6.45, 7) is 12.8. The molecule has 114 valence electrons. The Kier molecular flexibility index (Phi) is 8.01. The van der Waals surface area contributed by atoms with Gasteiger partial charge in [0.15, 0.2) is 0 Å². The fourth-order valence-corrected chi connectivity index (χ4v) is 2.65. The first-order chi connectivity index (χ1) is 9.65. The van der Waals surface area contributed by atoms with E-state index in [-0.39, 0.29) is 0 Å². The Hall–Kier alpha value is -0.730. The quantitative estimate of drug-likeness (QED) is 0.710. The molecule has 0 saturated carbocycles. The molecule has 0 unspecified atom stereocenters. The van der Waals surface area contributed by atoms with Gasteiger partial charge in [-0.15, -0.1) is 0 Å². The van der Waals surface area contributed by atoms with E-state index >= 15 is 0 Å². The van der Waals surface area contributed by atoms with Crippen LogP contribution in [0.15, 0.2) is 18.2 Å². The first kappa shape index (κ1) is 17.3. The van der Waals surface area contributed by atoms with Gasteiger partial charge in [0.25, 0.3) is 0 Å². The van der Waals surface area contributed by atoms with Gasteiger partial charge in [0.05, 0.1) is 0 Å². The zero-order valence-corrected chi connectivity index (χ0v) is 14.1. The van der Waals surface area contributed by atoms with Crippen LogP contribution >= 0.6 is 11.6 Å². The number of benzene rings is 1. The zero-order chi connectivity index (χ0) is 15.0. The van der Waals surface area contributed by atoms with Crippen LogP contribution in [0.3, 0.4) is 0 Å². The van der Waals surface area contributed by atoms with Crippen LogP contribution in [0.4, 0.5) is 5.69 Å². The lowest BCUT2D eigenvalue weighted by molar-refractivity contribution is 0.486. The van der Waals surface area contributed by atoms with E-state index in [1.165, 1.54) is 24.1 Å². The van der Waals surface area contributed by atoms with Gasteiger partial charge >= 0.3 is 0 Å². The smallest absolute Gasteiger partial charge is 0.0471 e.